The minimum Gasteiger partial charge on any atom is -0.359 e. The number of nitrogens with zero attached hydrogens (tertiary/aromatic N) is 6. The summed E-state index contributed by atoms with van der Waals surface area (Å²) in [6.45, 7) is 7.92. The summed E-state index contributed by atoms with van der Waals surface area (Å²) in [5, 5.41) is 9.44. The zero-order valence-corrected chi connectivity index (χ0v) is 22.1. The van der Waals surface area contributed by atoms with Crippen LogP contribution in [0.3, 0.4) is 0 Å². The summed E-state index contributed by atoms with van der Waals surface area (Å²) in [6.07, 6.45) is 1.68. The Labute approximate surface area is 237 Å². The Kier molecular flexibility index (Phi) is 3.91. The molecule has 6 heteroatoms. The van der Waals surface area contributed by atoms with Crippen LogP contribution in [0.15, 0.2) is 109 Å². The maximum atomic E-state index is 7.92. The predicted molar refractivity (Wildman–Crippen MR) is 170 cm³/mol. The first-order valence-corrected chi connectivity index (χ1v) is 13.8. The van der Waals surface area contributed by atoms with Crippen molar-refractivity contribution in [2.24, 2.45) is 0 Å². The van der Waals surface area contributed by atoms with Gasteiger partial charge in [-0.15, -0.1) is 0 Å². The smallest absolute Gasteiger partial charge is 0.332 e. The lowest BCUT2D eigenvalue weighted by Gasteiger charge is -2.07. The Morgan fingerprint density at radius 1 is 0.595 bits per heavy atom. The van der Waals surface area contributed by atoms with E-state index < -0.39 is 0 Å². The van der Waals surface area contributed by atoms with Crippen molar-refractivity contribution in [3.05, 3.63) is 121 Å². The van der Waals surface area contributed by atoms with Crippen LogP contribution in [0.25, 0.3) is 92.5 Å². The van der Waals surface area contributed by atoms with E-state index in [0.29, 0.717) is 17.0 Å². The molecule has 0 aliphatic heterocycles. The Morgan fingerprint density at radius 3 is 2.21 bits per heavy atom. The molecule has 0 saturated carbocycles. The highest BCUT2D eigenvalue weighted by Crippen LogP contribution is 2.47. The van der Waals surface area contributed by atoms with Gasteiger partial charge in [0.2, 0.25) is 0 Å². The molecule has 0 amide bonds. The van der Waals surface area contributed by atoms with E-state index in [1.807, 2.05) is 12.1 Å². The number of hydrogen-bond acceptors (Lipinski definition) is 3. The Bertz CT molecular complexity index is 2810. The highest BCUT2D eigenvalue weighted by molar-refractivity contribution is 6.36. The van der Waals surface area contributed by atoms with Gasteiger partial charge in [0.15, 0.2) is 0 Å². The Morgan fingerprint density at radius 2 is 1.36 bits per heavy atom. The van der Waals surface area contributed by atoms with Crippen LogP contribution in [0.2, 0.25) is 0 Å². The van der Waals surface area contributed by atoms with Crippen molar-refractivity contribution in [3.63, 3.8) is 0 Å². The van der Waals surface area contributed by atoms with Crippen LogP contribution in [0.5, 0.6) is 0 Å². The molecule has 192 valence electrons. The van der Waals surface area contributed by atoms with Gasteiger partial charge in [-0.1, -0.05) is 78.3 Å². The number of hydrogen-bond donors (Lipinski definition) is 0. The molecule has 0 atom stereocenters. The molecule has 0 bridgehead atoms. The van der Waals surface area contributed by atoms with Crippen molar-refractivity contribution in [1.82, 2.24) is 23.9 Å². The molecule has 0 spiro atoms. The zero-order chi connectivity index (χ0) is 27.5. The molecule has 10 rings (SSSR count). The molecule has 0 fully saturated rings. The molecule has 0 N–H and O–H groups in total. The number of benzene rings is 5. The summed E-state index contributed by atoms with van der Waals surface area (Å²) in [5.74, 6) is 0.720. The third kappa shape index (κ3) is 2.52. The lowest BCUT2D eigenvalue weighted by molar-refractivity contribution is 1.02. The van der Waals surface area contributed by atoms with Crippen LogP contribution in [0.4, 0.5) is 5.82 Å². The summed E-state index contributed by atoms with van der Waals surface area (Å²) < 4.78 is 4.56. The molecule has 0 saturated heterocycles. The average Bonchev–Trinajstić information content (AvgIpc) is 3.68. The maximum Gasteiger partial charge on any atom is 0.332 e. The van der Waals surface area contributed by atoms with Gasteiger partial charge in [-0.25, -0.2) is 0 Å². The van der Waals surface area contributed by atoms with E-state index in [-0.39, 0.29) is 5.82 Å². The molecular formula is C36H18N6. The monoisotopic (exact) mass is 534 g/mol. The number of fused-ring (bicyclic) bond motifs is 13. The van der Waals surface area contributed by atoms with Crippen LogP contribution in [-0.4, -0.2) is 23.9 Å². The highest BCUT2D eigenvalue weighted by atomic mass is 15.2. The van der Waals surface area contributed by atoms with Crippen molar-refractivity contribution in [2.75, 3.05) is 0 Å². The molecule has 5 aromatic carbocycles. The molecule has 0 unspecified atom stereocenters. The first-order valence-electron chi connectivity index (χ1n) is 13.8. The predicted octanol–water partition coefficient (Wildman–Crippen LogP) is 8.98. The molecule has 0 aliphatic carbocycles. The summed E-state index contributed by atoms with van der Waals surface area (Å²) >= 11 is 0. The lowest BCUT2D eigenvalue weighted by atomic mass is 10.0. The van der Waals surface area contributed by atoms with Gasteiger partial charge in [0.1, 0.15) is 5.52 Å². The van der Waals surface area contributed by atoms with Crippen molar-refractivity contribution in [1.29, 1.82) is 0 Å². The van der Waals surface area contributed by atoms with Crippen LogP contribution in [0, 0.1) is 6.57 Å². The molecule has 0 radical (unpaired) electrons. The molecule has 10 aromatic rings. The molecule has 0 aliphatic rings. The third-order valence-electron chi connectivity index (χ3n) is 8.72. The standard InChI is InChI=1S/C36H18N6/c1-37-35-32-26(13-8-18-38-32)39-36(40-35)42-29-17-16-20-9-2-3-10-21(20)30(29)25-19-24-22-11-4-6-14-27(22)41-28-15-7-5-12-23(28)31(33(24)41)34(25)42/h2-19H. The van der Waals surface area contributed by atoms with Gasteiger partial charge >= 0.3 is 11.8 Å². The fourth-order valence-electron chi connectivity index (χ4n) is 7.10. The van der Waals surface area contributed by atoms with E-state index in [4.69, 9.17) is 16.5 Å². The SMILES string of the molecule is [C-]#[N+]c1nc(-n2c3ccc4ccccc4c3c3cc4c5ccccc5n5c6ccccc6c(c32)c45)nc2cccnc12. The van der Waals surface area contributed by atoms with Gasteiger partial charge in [-0.05, 0) is 47.2 Å². The quantitative estimate of drug-likeness (QED) is 0.198. The Balaban J connectivity index is 1.55. The summed E-state index contributed by atoms with van der Waals surface area (Å²) in [6, 6.07) is 36.2. The summed E-state index contributed by atoms with van der Waals surface area (Å²) in [7, 11) is 0. The second-order valence-corrected chi connectivity index (χ2v) is 10.8. The molecule has 6 nitrogen and oxygen atoms in total. The van der Waals surface area contributed by atoms with Crippen LogP contribution in [0.1, 0.15) is 0 Å². The molecule has 42 heavy (non-hydrogen) atoms. The molecule has 5 aromatic heterocycles. The second kappa shape index (κ2) is 7.57. The summed E-state index contributed by atoms with van der Waals surface area (Å²) in [5.41, 5.74) is 6.75. The Hall–Kier alpha value is -6.06. The normalized spacial score (nSPS) is 12.3. The molecule has 5 heterocycles. The van der Waals surface area contributed by atoms with Crippen molar-refractivity contribution < 1.29 is 0 Å². The fraction of sp³-hybridized carbons (Fsp3) is 0. The van der Waals surface area contributed by atoms with Crippen LogP contribution in [-0.2, 0) is 0 Å². The highest BCUT2D eigenvalue weighted by Gasteiger charge is 2.27. The number of para-hydroxylation sites is 2. The molecular weight excluding hydrogens is 516 g/mol. The van der Waals surface area contributed by atoms with E-state index in [2.05, 4.69) is 110 Å². The maximum absolute atomic E-state index is 7.92. The first-order chi connectivity index (χ1) is 20.8. The van der Waals surface area contributed by atoms with Gasteiger partial charge in [-0.3, -0.25) is 9.55 Å². The van der Waals surface area contributed by atoms with Crippen molar-refractivity contribution >= 4 is 87.5 Å². The van der Waals surface area contributed by atoms with Gasteiger partial charge in [0, 0.05) is 38.5 Å². The topological polar surface area (TPSA) is 52.4 Å². The van der Waals surface area contributed by atoms with Crippen LogP contribution < -0.4 is 0 Å². The second-order valence-electron chi connectivity index (χ2n) is 10.8. The lowest BCUT2D eigenvalue weighted by Crippen LogP contribution is -2.02. The zero-order valence-electron chi connectivity index (χ0n) is 22.1. The van der Waals surface area contributed by atoms with Gasteiger partial charge in [0.25, 0.3) is 0 Å². The summed E-state index contributed by atoms with van der Waals surface area (Å²) in [4.78, 5) is 18.1. The largest absolute Gasteiger partial charge is 0.359 e. The van der Waals surface area contributed by atoms with Gasteiger partial charge in [-0.2, -0.15) is 4.98 Å². The van der Waals surface area contributed by atoms with Gasteiger partial charge < -0.3 is 9.25 Å². The van der Waals surface area contributed by atoms with Crippen LogP contribution >= 0.6 is 0 Å². The van der Waals surface area contributed by atoms with E-state index >= 15 is 0 Å². The number of rotatable bonds is 1. The number of pyridine rings is 1. The van der Waals surface area contributed by atoms with Crippen molar-refractivity contribution in [2.45, 2.75) is 0 Å². The van der Waals surface area contributed by atoms with E-state index in [1.165, 1.54) is 43.5 Å². The minimum absolute atomic E-state index is 0.249. The van der Waals surface area contributed by atoms with Gasteiger partial charge in [0.05, 0.1) is 33.1 Å². The van der Waals surface area contributed by atoms with E-state index in [0.717, 1.165) is 27.2 Å². The van der Waals surface area contributed by atoms with E-state index in [1.54, 1.807) is 6.20 Å². The third-order valence-corrected chi connectivity index (χ3v) is 8.72. The van der Waals surface area contributed by atoms with E-state index in [9.17, 15) is 0 Å². The fourth-order valence-corrected chi connectivity index (χ4v) is 7.10. The average molecular weight is 535 g/mol. The minimum atomic E-state index is 0.249. The van der Waals surface area contributed by atoms with Crippen molar-refractivity contribution in [3.8, 4) is 5.95 Å². The first kappa shape index (κ1) is 21.7. The number of aromatic nitrogens is 5.